The van der Waals surface area contributed by atoms with Crippen LogP contribution >= 0.6 is 0 Å². The van der Waals surface area contributed by atoms with Gasteiger partial charge in [0, 0.05) is 12.8 Å². The number of allylic oxidation sites excluding steroid dienone is 2. The summed E-state index contributed by atoms with van der Waals surface area (Å²) in [6.07, 6.45) is 5.25. The summed E-state index contributed by atoms with van der Waals surface area (Å²) in [4.78, 5) is 24.7. The van der Waals surface area contributed by atoms with Gasteiger partial charge in [-0.25, -0.2) is 9.59 Å². The summed E-state index contributed by atoms with van der Waals surface area (Å²) in [5, 5.41) is 19.7. The van der Waals surface area contributed by atoms with E-state index in [9.17, 15) is 19.8 Å². The highest BCUT2D eigenvalue weighted by Gasteiger charge is 2.20. The van der Waals surface area contributed by atoms with E-state index in [2.05, 4.69) is 0 Å². The van der Waals surface area contributed by atoms with E-state index in [0.29, 0.717) is 0 Å². The molecule has 0 radical (unpaired) electrons. The molecule has 1 aromatic rings. The lowest BCUT2D eigenvalue weighted by atomic mass is 10.1. The quantitative estimate of drug-likeness (QED) is 0.267. The molecule has 0 spiro atoms. The first-order valence-corrected chi connectivity index (χ1v) is 9.74. The van der Waals surface area contributed by atoms with Gasteiger partial charge in [0.2, 0.25) is 0 Å². The van der Waals surface area contributed by atoms with Gasteiger partial charge in [0.25, 0.3) is 0 Å². The number of rotatable bonds is 14. The van der Waals surface area contributed by atoms with Crippen molar-refractivity contribution in [2.45, 2.75) is 38.9 Å². The van der Waals surface area contributed by atoms with Crippen LogP contribution in [0.15, 0.2) is 48.9 Å². The average molecular weight is 422 g/mol. The van der Waals surface area contributed by atoms with Crippen LogP contribution in [-0.2, 0) is 18.9 Å². The van der Waals surface area contributed by atoms with Crippen LogP contribution in [0.3, 0.4) is 0 Å². The zero-order valence-electron chi connectivity index (χ0n) is 17.4. The number of carbonyl (C=O) groups excluding carboxylic acids is 2. The van der Waals surface area contributed by atoms with Crippen LogP contribution < -0.4 is 0 Å². The minimum Gasteiger partial charge on any atom is -0.501 e. The van der Waals surface area contributed by atoms with Crippen molar-refractivity contribution < 1.29 is 38.7 Å². The van der Waals surface area contributed by atoms with Gasteiger partial charge in [-0.05, 0) is 26.0 Å². The van der Waals surface area contributed by atoms with E-state index in [4.69, 9.17) is 18.9 Å². The zero-order valence-corrected chi connectivity index (χ0v) is 17.4. The van der Waals surface area contributed by atoms with Crippen LogP contribution in [0.4, 0.5) is 0 Å². The van der Waals surface area contributed by atoms with Crippen LogP contribution in [0.25, 0.3) is 0 Å². The fraction of sp³-hybridized carbons (Fsp3) is 0.455. The van der Waals surface area contributed by atoms with Crippen molar-refractivity contribution in [1.82, 2.24) is 0 Å². The van der Waals surface area contributed by atoms with Crippen molar-refractivity contribution in [3.05, 3.63) is 60.1 Å². The largest absolute Gasteiger partial charge is 0.501 e. The summed E-state index contributed by atoms with van der Waals surface area (Å²) in [6.45, 7) is 3.72. The number of hydrogen-bond donors (Lipinski definition) is 2. The van der Waals surface area contributed by atoms with Crippen molar-refractivity contribution >= 4 is 11.9 Å². The number of benzene rings is 1. The lowest BCUT2D eigenvalue weighted by molar-refractivity contribution is 0.0158. The maximum atomic E-state index is 12.3. The van der Waals surface area contributed by atoms with E-state index < -0.39 is 24.1 Å². The Bertz CT molecular complexity index is 639. The first kappa shape index (κ1) is 25.2. The van der Waals surface area contributed by atoms with Crippen molar-refractivity contribution in [3.8, 4) is 0 Å². The summed E-state index contributed by atoms with van der Waals surface area (Å²) in [7, 11) is 0. The minimum absolute atomic E-state index is 0.0192. The molecule has 0 aliphatic carbocycles. The molecule has 2 unspecified atom stereocenters. The topological polar surface area (TPSA) is 112 Å². The Morgan fingerprint density at radius 3 is 1.60 bits per heavy atom. The first-order valence-electron chi connectivity index (χ1n) is 9.74. The molecule has 8 heteroatoms. The monoisotopic (exact) mass is 422 g/mol. The summed E-state index contributed by atoms with van der Waals surface area (Å²) < 4.78 is 20.4. The Morgan fingerprint density at radius 2 is 1.23 bits per heavy atom. The fourth-order valence-corrected chi connectivity index (χ4v) is 2.24. The second kappa shape index (κ2) is 15.1. The third kappa shape index (κ3) is 10.1. The Hall–Kier alpha value is -2.84. The average Bonchev–Trinajstić information content (AvgIpc) is 2.76. The highest BCUT2D eigenvalue weighted by Crippen LogP contribution is 2.13. The van der Waals surface area contributed by atoms with E-state index >= 15 is 0 Å². The Kier molecular flexibility index (Phi) is 12.6. The molecular formula is C22H30O8. The number of carbonyl (C=O) groups is 2. The maximum absolute atomic E-state index is 12.3. The lowest BCUT2D eigenvalue weighted by Gasteiger charge is -2.14. The molecule has 0 heterocycles. The molecule has 0 saturated carbocycles. The number of aliphatic hydroxyl groups is 2. The SMILES string of the molecule is CC=COCCC(O)COC(=O)c1ccccc1C(=O)OCC(O)CCOC=CC. The Balaban J connectivity index is 2.53. The molecule has 1 rings (SSSR count). The number of esters is 2. The molecule has 1 aromatic carbocycles. The fourth-order valence-electron chi connectivity index (χ4n) is 2.24. The van der Waals surface area contributed by atoms with E-state index in [1.165, 1.54) is 24.7 Å². The second-order valence-electron chi connectivity index (χ2n) is 6.31. The molecule has 0 aromatic heterocycles. The Morgan fingerprint density at radius 1 is 0.833 bits per heavy atom. The molecule has 166 valence electrons. The van der Waals surface area contributed by atoms with Crippen molar-refractivity contribution in [2.24, 2.45) is 0 Å². The van der Waals surface area contributed by atoms with E-state index in [0.717, 1.165) is 0 Å². The highest BCUT2D eigenvalue weighted by atomic mass is 16.5. The van der Waals surface area contributed by atoms with Gasteiger partial charge in [0.15, 0.2) is 0 Å². The zero-order chi connectivity index (χ0) is 22.2. The third-order valence-electron chi connectivity index (χ3n) is 3.78. The van der Waals surface area contributed by atoms with Gasteiger partial charge in [0.05, 0.1) is 49.1 Å². The summed E-state index contributed by atoms with van der Waals surface area (Å²) in [6, 6.07) is 6.04. The van der Waals surface area contributed by atoms with Crippen LogP contribution in [0.1, 0.15) is 47.4 Å². The molecule has 8 nitrogen and oxygen atoms in total. The molecular weight excluding hydrogens is 392 g/mol. The molecule has 0 aliphatic rings. The Labute approximate surface area is 176 Å². The van der Waals surface area contributed by atoms with Crippen molar-refractivity contribution in [3.63, 3.8) is 0 Å². The molecule has 2 atom stereocenters. The summed E-state index contributed by atoms with van der Waals surface area (Å²) >= 11 is 0. The standard InChI is InChI=1S/C22H30O8/c1-3-11-27-13-9-17(23)15-29-21(25)19-7-5-6-8-20(19)22(26)30-16-18(24)10-14-28-12-4-2/h3-8,11-12,17-18,23-24H,9-10,13-16H2,1-2H3. The maximum Gasteiger partial charge on any atom is 0.339 e. The van der Waals surface area contributed by atoms with Crippen LogP contribution in [0, 0.1) is 0 Å². The molecule has 0 aliphatic heterocycles. The van der Waals surface area contributed by atoms with Gasteiger partial charge in [-0.3, -0.25) is 0 Å². The van der Waals surface area contributed by atoms with Gasteiger partial charge in [-0.1, -0.05) is 24.3 Å². The van der Waals surface area contributed by atoms with Gasteiger partial charge in [-0.2, -0.15) is 0 Å². The normalized spacial score (nSPS) is 13.2. The van der Waals surface area contributed by atoms with Crippen LogP contribution in [-0.4, -0.2) is 60.8 Å². The predicted molar refractivity (Wildman–Crippen MR) is 110 cm³/mol. The molecule has 0 amide bonds. The number of hydrogen-bond acceptors (Lipinski definition) is 8. The van der Waals surface area contributed by atoms with Crippen LogP contribution in [0.5, 0.6) is 0 Å². The van der Waals surface area contributed by atoms with Crippen molar-refractivity contribution in [1.29, 1.82) is 0 Å². The van der Waals surface area contributed by atoms with Crippen LogP contribution in [0.2, 0.25) is 0 Å². The van der Waals surface area contributed by atoms with E-state index in [-0.39, 0.29) is 50.4 Å². The highest BCUT2D eigenvalue weighted by molar-refractivity contribution is 6.03. The smallest absolute Gasteiger partial charge is 0.339 e. The molecule has 0 fully saturated rings. The number of ether oxygens (including phenoxy) is 4. The molecule has 2 N–H and O–H groups in total. The predicted octanol–water partition coefficient (Wildman–Crippen LogP) is 2.60. The summed E-state index contributed by atoms with van der Waals surface area (Å²) in [5.74, 6) is -1.51. The van der Waals surface area contributed by atoms with Gasteiger partial charge in [0.1, 0.15) is 13.2 Å². The lowest BCUT2D eigenvalue weighted by Crippen LogP contribution is -2.23. The second-order valence-corrected chi connectivity index (χ2v) is 6.31. The minimum atomic E-state index is -0.891. The van der Waals surface area contributed by atoms with E-state index in [1.54, 1.807) is 38.1 Å². The molecule has 30 heavy (non-hydrogen) atoms. The molecule has 0 bridgehead atoms. The van der Waals surface area contributed by atoms with E-state index in [1.807, 2.05) is 0 Å². The van der Waals surface area contributed by atoms with Crippen molar-refractivity contribution in [2.75, 3.05) is 26.4 Å². The van der Waals surface area contributed by atoms with Gasteiger partial charge >= 0.3 is 11.9 Å². The number of aliphatic hydroxyl groups excluding tert-OH is 2. The first-order chi connectivity index (χ1) is 14.5. The molecule has 0 saturated heterocycles. The third-order valence-corrected chi connectivity index (χ3v) is 3.78. The summed E-state index contributed by atoms with van der Waals surface area (Å²) in [5.41, 5.74) is 0.0385. The van der Waals surface area contributed by atoms with Gasteiger partial charge in [-0.15, -0.1) is 0 Å². The van der Waals surface area contributed by atoms with Gasteiger partial charge < -0.3 is 29.2 Å².